The van der Waals surface area contributed by atoms with Crippen molar-refractivity contribution in [3.05, 3.63) is 24.3 Å². The van der Waals surface area contributed by atoms with Crippen molar-refractivity contribution in [2.75, 3.05) is 0 Å². The van der Waals surface area contributed by atoms with Gasteiger partial charge >= 0.3 is 5.97 Å². The fraction of sp³-hybridized carbons (Fsp3) is 0.500. The van der Waals surface area contributed by atoms with Crippen molar-refractivity contribution in [2.24, 2.45) is 0 Å². The summed E-state index contributed by atoms with van der Waals surface area (Å²) < 4.78 is 6.80. The third kappa shape index (κ3) is 5.20. The van der Waals surface area contributed by atoms with Gasteiger partial charge in [0.25, 0.3) is 0 Å². The zero-order valence-corrected chi connectivity index (χ0v) is 7.95. The van der Waals surface area contributed by atoms with Crippen LogP contribution in [0.2, 0.25) is 0 Å². The number of carboxylic acids is 1. The Morgan fingerprint density at radius 2 is 2.38 bits per heavy atom. The number of hydrogen-bond donors (Lipinski definition) is 2. The minimum absolute atomic E-state index is 0.274. The highest BCUT2D eigenvalue weighted by atomic mass is 16.4. The Kier molecular flexibility index (Phi) is 3.71. The normalized spacial score (nSPS) is 18.4. The van der Waals surface area contributed by atoms with Crippen LogP contribution in [-0.4, -0.2) is 21.8 Å². The van der Waals surface area contributed by atoms with Gasteiger partial charge in [-0.1, -0.05) is 12.2 Å². The van der Waals surface area contributed by atoms with Gasteiger partial charge in [-0.15, -0.1) is 6.55 Å². The molecule has 0 heterocycles. The van der Waals surface area contributed by atoms with Crippen LogP contribution >= 0.6 is 0 Å². The molecule has 0 amide bonds. The first-order chi connectivity index (χ1) is 6.39. The molecule has 0 aromatic rings. The van der Waals surface area contributed by atoms with Crippen molar-refractivity contribution < 1.29 is 16.4 Å². The largest absolute Gasteiger partial charge is 0.478 e. The average Bonchev–Trinajstić information content (AvgIpc) is 2.03. The van der Waals surface area contributed by atoms with Crippen molar-refractivity contribution in [1.82, 2.24) is 0 Å². The van der Waals surface area contributed by atoms with E-state index in [4.69, 9.17) is 6.48 Å². The molecule has 0 unspecified atom stereocenters. The van der Waals surface area contributed by atoms with E-state index >= 15 is 0 Å². The molecule has 0 saturated heterocycles. The van der Waals surface area contributed by atoms with Gasteiger partial charge in [0, 0.05) is 5.57 Å². The van der Waals surface area contributed by atoms with Crippen LogP contribution in [0.5, 0.6) is 0 Å². The molecule has 0 aliphatic carbocycles. The molecule has 0 rings (SSSR count). The number of carboxylic acid groups (broad SMARTS) is 1. The van der Waals surface area contributed by atoms with Crippen molar-refractivity contribution in [2.45, 2.75) is 32.3 Å². The molecule has 0 spiro atoms. The maximum Gasteiger partial charge on any atom is 0.330 e. The zero-order chi connectivity index (χ0) is 11.2. The number of carbonyl (C=O) groups is 1. The minimum atomic E-state index is -1.03. The molecule has 2 N–H and O–H groups in total. The van der Waals surface area contributed by atoms with Crippen molar-refractivity contribution in [3.63, 3.8) is 0 Å². The zero-order valence-electron chi connectivity index (χ0n) is 8.95. The Balaban J connectivity index is 4.07. The molecule has 0 saturated carbocycles. The van der Waals surface area contributed by atoms with Gasteiger partial charge < -0.3 is 10.2 Å². The first-order valence-corrected chi connectivity index (χ1v) is 4.07. The number of allylic oxidation sites excluding steroid dienone is 1. The highest BCUT2D eigenvalue weighted by Crippen LogP contribution is 2.13. The molecule has 3 heteroatoms. The van der Waals surface area contributed by atoms with Crippen LogP contribution in [0.4, 0.5) is 0 Å². The van der Waals surface area contributed by atoms with Crippen LogP contribution < -0.4 is 0 Å². The average molecular weight is 185 g/mol. The lowest BCUT2D eigenvalue weighted by molar-refractivity contribution is -0.132. The fourth-order valence-electron chi connectivity index (χ4n) is 0.752. The van der Waals surface area contributed by atoms with Gasteiger partial charge in [-0.3, -0.25) is 0 Å². The summed E-state index contributed by atoms with van der Waals surface area (Å²) in [7, 11) is 0. The minimum Gasteiger partial charge on any atom is -0.478 e. The Morgan fingerprint density at radius 3 is 2.85 bits per heavy atom. The van der Waals surface area contributed by atoms with Crippen LogP contribution in [0.25, 0.3) is 0 Å². The van der Waals surface area contributed by atoms with E-state index in [1.807, 2.05) is 0 Å². The van der Waals surface area contributed by atoms with E-state index in [0.29, 0.717) is 12.8 Å². The second-order valence-electron chi connectivity index (χ2n) is 3.25. The van der Waals surface area contributed by atoms with Crippen molar-refractivity contribution >= 4 is 5.97 Å². The lowest BCUT2D eigenvalue weighted by Gasteiger charge is -2.16. The number of hydrogen-bond acceptors (Lipinski definition) is 2. The molecule has 3 nitrogen and oxygen atoms in total. The Morgan fingerprint density at radius 1 is 1.77 bits per heavy atom. The quantitative estimate of drug-likeness (QED) is 0.506. The number of aliphatic carboxylic acids is 1. The van der Waals surface area contributed by atoms with E-state index < -0.39 is 11.6 Å². The number of rotatable bonds is 5. The smallest absolute Gasteiger partial charge is 0.330 e. The maximum absolute atomic E-state index is 10.4. The number of aliphatic hydroxyl groups is 1. The van der Waals surface area contributed by atoms with E-state index in [1.165, 1.54) is 13.0 Å². The van der Waals surface area contributed by atoms with E-state index in [2.05, 4.69) is 0 Å². The van der Waals surface area contributed by atoms with Crippen LogP contribution in [0.3, 0.4) is 0 Å². The van der Waals surface area contributed by atoms with Gasteiger partial charge in [-0.25, -0.2) is 4.79 Å². The molecule has 1 atom stereocenters. The van der Waals surface area contributed by atoms with Gasteiger partial charge in [0.1, 0.15) is 0 Å². The van der Waals surface area contributed by atoms with E-state index in [0.717, 1.165) is 6.55 Å². The first-order valence-electron chi connectivity index (χ1n) is 4.65. The molecule has 0 bridgehead atoms. The molecule has 13 heavy (non-hydrogen) atoms. The van der Waals surface area contributed by atoms with Gasteiger partial charge in [-0.05, 0) is 26.7 Å². The lowest BCUT2D eigenvalue weighted by Crippen LogP contribution is -2.19. The fourth-order valence-corrected chi connectivity index (χ4v) is 0.752. The lowest BCUT2D eigenvalue weighted by atomic mass is 10.00. The van der Waals surface area contributed by atoms with Gasteiger partial charge in [0.2, 0.25) is 0 Å². The summed E-state index contributed by atoms with van der Waals surface area (Å²) in [4.78, 5) is 10.4. The van der Waals surface area contributed by atoms with Gasteiger partial charge in [-0.2, -0.15) is 0 Å². The summed E-state index contributed by atoms with van der Waals surface area (Å²) in [5.74, 6) is -0.944. The Hall–Kier alpha value is -1.09. The van der Waals surface area contributed by atoms with E-state index in [1.54, 1.807) is 13.0 Å². The highest BCUT2D eigenvalue weighted by Gasteiger charge is 2.13. The molecule has 0 aliphatic rings. The molecule has 0 aromatic carbocycles. The SMILES string of the molecule is [2H]C=C[C@@](C)(O)CC/C=C(\C)C(=O)O. The predicted octanol–water partition coefficient (Wildman–Crippen LogP) is 1.73. The van der Waals surface area contributed by atoms with Crippen LogP contribution in [-0.2, 0) is 4.79 Å². The van der Waals surface area contributed by atoms with Crippen molar-refractivity contribution in [3.8, 4) is 0 Å². The summed E-state index contributed by atoms with van der Waals surface area (Å²) in [6.45, 7) is 4.13. The van der Waals surface area contributed by atoms with Crippen LogP contribution in [0, 0.1) is 0 Å². The first kappa shape index (κ1) is 9.99. The summed E-state index contributed by atoms with van der Waals surface area (Å²) in [6, 6.07) is 0. The standard InChI is InChI=1S/C10H16O3/c1-4-10(3,13)7-5-6-8(2)9(11)12/h4,6,13H,1,5,7H2,2-3H3,(H,11,12)/b8-6+/t10-/m1/s1/i1D/b4-1?,8-6+. The summed E-state index contributed by atoms with van der Waals surface area (Å²) in [5.41, 5.74) is -0.757. The summed E-state index contributed by atoms with van der Waals surface area (Å²) >= 11 is 0. The Labute approximate surface area is 79.8 Å². The van der Waals surface area contributed by atoms with Crippen LogP contribution in [0.1, 0.15) is 28.1 Å². The monoisotopic (exact) mass is 185 g/mol. The molecular weight excluding hydrogens is 168 g/mol. The van der Waals surface area contributed by atoms with E-state index in [-0.39, 0.29) is 5.57 Å². The molecule has 0 aliphatic heterocycles. The molecule has 0 radical (unpaired) electrons. The molecule has 74 valence electrons. The summed E-state index contributed by atoms with van der Waals surface area (Å²) in [6.07, 6.45) is 3.83. The highest BCUT2D eigenvalue weighted by molar-refractivity contribution is 5.85. The second-order valence-corrected chi connectivity index (χ2v) is 3.25. The maximum atomic E-state index is 10.4. The van der Waals surface area contributed by atoms with Crippen LogP contribution in [0.15, 0.2) is 24.3 Å². The topological polar surface area (TPSA) is 57.5 Å². The molecule has 0 aromatic heterocycles. The van der Waals surface area contributed by atoms with Gasteiger partial charge in [0.05, 0.1) is 6.97 Å². The second kappa shape index (κ2) is 4.82. The van der Waals surface area contributed by atoms with Gasteiger partial charge in [0.15, 0.2) is 0 Å². The van der Waals surface area contributed by atoms with Crippen molar-refractivity contribution in [1.29, 1.82) is 0 Å². The third-order valence-corrected chi connectivity index (χ3v) is 1.80. The predicted molar refractivity (Wildman–Crippen MR) is 51.4 cm³/mol. The van der Waals surface area contributed by atoms with E-state index in [9.17, 15) is 9.90 Å². The summed E-state index contributed by atoms with van der Waals surface area (Å²) in [5, 5.41) is 18.1. The third-order valence-electron chi connectivity index (χ3n) is 1.80. The molecular formula is C10H16O3. The Bertz CT molecular complexity index is 254. The molecule has 0 fully saturated rings.